The highest BCUT2D eigenvalue weighted by Gasteiger charge is 2.26. The predicted octanol–water partition coefficient (Wildman–Crippen LogP) is 3.90. The Kier molecular flexibility index (Phi) is 5.80. The Hall–Kier alpha value is -2.09. The van der Waals surface area contributed by atoms with Crippen molar-refractivity contribution in [1.29, 1.82) is 0 Å². The number of nitrogens with zero attached hydrogens (tertiary/aromatic N) is 2. The third-order valence-corrected chi connectivity index (χ3v) is 5.98. The molecule has 2 aromatic carbocycles. The molecule has 0 spiro atoms. The topological polar surface area (TPSA) is 52.7 Å². The summed E-state index contributed by atoms with van der Waals surface area (Å²) < 4.78 is 0.995. The van der Waals surface area contributed by atoms with Gasteiger partial charge in [-0.2, -0.15) is 0 Å². The summed E-state index contributed by atoms with van der Waals surface area (Å²) in [6, 6.07) is 13.4. The summed E-state index contributed by atoms with van der Waals surface area (Å²) in [6.07, 6.45) is 0. The zero-order valence-corrected chi connectivity index (χ0v) is 17.1. The fourth-order valence-corrected chi connectivity index (χ4v) is 3.61. The van der Waals surface area contributed by atoms with Crippen molar-refractivity contribution in [3.05, 3.63) is 62.7 Å². The number of aryl methyl sites for hydroxylation is 2. The largest absolute Gasteiger partial charge is 0.335 e. The van der Waals surface area contributed by atoms with Crippen molar-refractivity contribution in [2.45, 2.75) is 13.8 Å². The van der Waals surface area contributed by atoms with E-state index in [0.29, 0.717) is 26.2 Å². The smallest absolute Gasteiger partial charge is 0.321 e. The Morgan fingerprint density at radius 3 is 2.31 bits per heavy atom. The minimum Gasteiger partial charge on any atom is -0.335 e. The number of rotatable bonds is 2. The highest BCUT2D eigenvalue weighted by atomic mass is 127. The van der Waals surface area contributed by atoms with E-state index in [1.54, 1.807) is 4.90 Å². The number of anilines is 1. The molecule has 3 amide bonds. The molecule has 0 unspecified atom stereocenters. The van der Waals surface area contributed by atoms with E-state index in [0.717, 1.165) is 25.9 Å². The number of nitrogens with one attached hydrogen (secondary N) is 1. The third kappa shape index (κ3) is 4.17. The van der Waals surface area contributed by atoms with Crippen LogP contribution in [0.4, 0.5) is 10.5 Å². The molecule has 26 heavy (non-hydrogen) atoms. The maximum Gasteiger partial charge on any atom is 0.321 e. The first-order chi connectivity index (χ1) is 12.5. The van der Waals surface area contributed by atoms with Gasteiger partial charge < -0.3 is 15.1 Å². The van der Waals surface area contributed by atoms with Crippen molar-refractivity contribution in [3.63, 3.8) is 0 Å². The van der Waals surface area contributed by atoms with Crippen LogP contribution in [0.15, 0.2) is 42.5 Å². The van der Waals surface area contributed by atoms with Gasteiger partial charge in [0.15, 0.2) is 0 Å². The maximum absolute atomic E-state index is 12.8. The van der Waals surface area contributed by atoms with Gasteiger partial charge >= 0.3 is 6.03 Å². The molecule has 0 atom stereocenters. The van der Waals surface area contributed by atoms with E-state index in [1.807, 2.05) is 61.2 Å². The van der Waals surface area contributed by atoms with Crippen molar-refractivity contribution >= 4 is 40.2 Å². The van der Waals surface area contributed by atoms with Crippen LogP contribution in [0.5, 0.6) is 0 Å². The van der Waals surface area contributed by atoms with Crippen LogP contribution in [0.2, 0.25) is 0 Å². The lowest BCUT2D eigenvalue weighted by Crippen LogP contribution is -2.51. The number of benzene rings is 2. The Morgan fingerprint density at radius 1 is 0.962 bits per heavy atom. The zero-order valence-electron chi connectivity index (χ0n) is 15.0. The van der Waals surface area contributed by atoms with Crippen LogP contribution in [0.3, 0.4) is 0 Å². The molecule has 1 heterocycles. The van der Waals surface area contributed by atoms with Gasteiger partial charge in [-0.25, -0.2) is 4.79 Å². The van der Waals surface area contributed by atoms with Crippen LogP contribution in [-0.2, 0) is 0 Å². The second kappa shape index (κ2) is 8.07. The summed E-state index contributed by atoms with van der Waals surface area (Å²) in [4.78, 5) is 28.8. The Bertz CT molecular complexity index is 830. The number of hydrogen-bond donors (Lipinski definition) is 1. The molecule has 0 saturated carbocycles. The number of halogens is 1. The van der Waals surface area contributed by atoms with Crippen molar-refractivity contribution in [2.24, 2.45) is 0 Å². The summed E-state index contributed by atoms with van der Waals surface area (Å²) in [7, 11) is 0. The zero-order chi connectivity index (χ0) is 18.7. The molecule has 6 heteroatoms. The van der Waals surface area contributed by atoms with E-state index in [-0.39, 0.29) is 11.9 Å². The van der Waals surface area contributed by atoms with Crippen molar-refractivity contribution in [2.75, 3.05) is 31.5 Å². The average Bonchev–Trinajstić information content (AvgIpc) is 2.63. The molecule has 0 aromatic heterocycles. The molecule has 2 aromatic rings. The number of piperazine rings is 1. The van der Waals surface area contributed by atoms with Gasteiger partial charge in [-0.05, 0) is 65.8 Å². The number of carbonyl (C=O) groups is 2. The first kappa shape index (κ1) is 18.7. The minimum absolute atomic E-state index is 0.0387. The number of hydrogen-bond acceptors (Lipinski definition) is 2. The SMILES string of the molecule is Cc1cccc(NC(=O)N2CCN(C(=O)c3cccc(C)c3I)CC2)c1. The summed E-state index contributed by atoms with van der Waals surface area (Å²) in [5, 5.41) is 2.93. The fraction of sp³-hybridized carbons (Fsp3) is 0.300. The first-order valence-corrected chi connectivity index (χ1v) is 9.70. The number of amides is 3. The van der Waals surface area contributed by atoms with Gasteiger partial charge in [-0.3, -0.25) is 4.79 Å². The molecular weight excluding hydrogens is 441 g/mol. The molecule has 1 aliphatic rings. The second-order valence-corrected chi connectivity index (χ2v) is 7.59. The van der Waals surface area contributed by atoms with E-state index in [4.69, 9.17) is 0 Å². The van der Waals surface area contributed by atoms with Gasteiger partial charge in [-0.1, -0.05) is 24.3 Å². The summed E-state index contributed by atoms with van der Waals surface area (Å²) >= 11 is 2.22. The molecule has 0 radical (unpaired) electrons. The number of carbonyl (C=O) groups excluding carboxylic acids is 2. The molecule has 5 nitrogen and oxygen atoms in total. The van der Waals surface area contributed by atoms with Gasteiger partial charge in [-0.15, -0.1) is 0 Å². The quantitative estimate of drug-likeness (QED) is 0.688. The molecule has 1 saturated heterocycles. The summed E-state index contributed by atoms with van der Waals surface area (Å²) in [5.74, 6) is 0.0387. The van der Waals surface area contributed by atoms with Crippen LogP contribution in [0.25, 0.3) is 0 Å². The molecule has 0 aliphatic carbocycles. The third-order valence-electron chi connectivity index (χ3n) is 4.55. The highest BCUT2D eigenvalue weighted by Crippen LogP contribution is 2.19. The Morgan fingerprint density at radius 2 is 1.62 bits per heavy atom. The van der Waals surface area contributed by atoms with Gasteiger partial charge in [0, 0.05) is 35.4 Å². The monoisotopic (exact) mass is 463 g/mol. The molecule has 1 fully saturated rings. The van der Waals surface area contributed by atoms with Gasteiger partial charge in [0.05, 0.1) is 5.56 Å². The fourth-order valence-electron chi connectivity index (χ4n) is 3.02. The normalized spacial score (nSPS) is 14.3. The summed E-state index contributed by atoms with van der Waals surface area (Å²) in [5.41, 5.74) is 3.74. The molecule has 3 rings (SSSR count). The Balaban J connectivity index is 1.59. The van der Waals surface area contributed by atoms with Crippen LogP contribution in [0.1, 0.15) is 21.5 Å². The van der Waals surface area contributed by atoms with E-state index in [1.165, 1.54) is 0 Å². The van der Waals surface area contributed by atoms with Gasteiger partial charge in [0.25, 0.3) is 5.91 Å². The number of urea groups is 1. The predicted molar refractivity (Wildman–Crippen MR) is 112 cm³/mol. The van der Waals surface area contributed by atoms with E-state index >= 15 is 0 Å². The Labute approximate surface area is 167 Å². The van der Waals surface area contributed by atoms with Crippen LogP contribution < -0.4 is 5.32 Å². The average molecular weight is 463 g/mol. The molecule has 1 aliphatic heterocycles. The van der Waals surface area contributed by atoms with Crippen molar-refractivity contribution < 1.29 is 9.59 Å². The lowest BCUT2D eigenvalue weighted by atomic mass is 10.1. The van der Waals surface area contributed by atoms with E-state index in [9.17, 15) is 9.59 Å². The van der Waals surface area contributed by atoms with Crippen LogP contribution in [0, 0.1) is 17.4 Å². The van der Waals surface area contributed by atoms with Gasteiger partial charge in [0.1, 0.15) is 0 Å². The van der Waals surface area contributed by atoms with Crippen LogP contribution in [-0.4, -0.2) is 47.9 Å². The highest BCUT2D eigenvalue weighted by molar-refractivity contribution is 14.1. The first-order valence-electron chi connectivity index (χ1n) is 8.62. The minimum atomic E-state index is -0.118. The molecule has 1 N–H and O–H groups in total. The maximum atomic E-state index is 12.8. The second-order valence-electron chi connectivity index (χ2n) is 6.52. The van der Waals surface area contributed by atoms with E-state index in [2.05, 4.69) is 27.9 Å². The lowest BCUT2D eigenvalue weighted by Gasteiger charge is -2.35. The standard InChI is InChI=1S/C20H22IN3O2/c1-14-5-3-7-16(13-14)22-20(26)24-11-9-23(10-12-24)19(25)17-8-4-6-15(2)18(17)21/h3-8,13H,9-12H2,1-2H3,(H,22,26). The molecular formula is C20H22IN3O2. The summed E-state index contributed by atoms with van der Waals surface area (Å²) in [6.45, 7) is 6.16. The molecule has 0 bridgehead atoms. The van der Waals surface area contributed by atoms with E-state index < -0.39 is 0 Å². The van der Waals surface area contributed by atoms with Crippen LogP contribution >= 0.6 is 22.6 Å². The van der Waals surface area contributed by atoms with Gasteiger partial charge in [0.2, 0.25) is 0 Å². The molecule has 136 valence electrons. The van der Waals surface area contributed by atoms with Crippen molar-refractivity contribution in [3.8, 4) is 0 Å². The van der Waals surface area contributed by atoms with Crippen molar-refractivity contribution in [1.82, 2.24) is 9.80 Å². The lowest BCUT2D eigenvalue weighted by molar-refractivity contribution is 0.0670.